The van der Waals surface area contributed by atoms with Gasteiger partial charge in [-0.2, -0.15) is 0 Å². The molecule has 21 heavy (non-hydrogen) atoms. The topological polar surface area (TPSA) is 76.6 Å². The lowest BCUT2D eigenvalue weighted by molar-refractivity contribution is 0.0602. The monoisotopic (exact) mass is 326 g/mol. The van der Waals surface area contributed by atoms with E-state index in [9.17, 15) is 13.2 Å². The Balaban J connectivity index is 2.55. The van der Waals surface area contributed by atoms with E-state index >= 15 is 0 Å². The van der Waals surface area contributed by atoms with Gasteiger partial charge in [-0.25, -0.2) is 18.2 Å². The quantitative estimate of drug-likeness (QED) is 0.804. The SMILES string of the molecule is COC(=O)c1scc(C)c1S(=O)(=O)N(C)c1ccccn1. The third-order valence-corrected chi connectivity index (χ3v) is 6.04. The zero-order valence-corrected chi connectivity index (χ0v) is 13.4. The molecule has 0 unspecified atom stereocenters. The number of methoxy groups -OCH3 is 1. The molecule has 0 fully saturated rings. The van der Waals surface area contributed by atoms with Crippen molar-refractivity contribution in [1.29, 1.82) is 0 Å². The van der Waals surface area contributed by atoms with E-state index in [1.54, 1.807) is 30.5 Å². The molecule has 0 aliphatic carbocycles. The van der Waals surface area contributed by atoms with Crippen molar-refractivity contribution >= 4 is 33.1 Å². The second kappa shape index (κ2) is 5.82. The van der Waals surface area contributed by atoms with Crippen LogP contribution in [-0.2, 0) is 14.8 Å². The largest absolute Gasteiger partial charge is 0.465 e. The van der Waals surface area contributed by atoms with Crippen LogP contribution in [0.1, 0.15) is 15.2 Å². The van der Waals surface area contributed by atoms with Gasteiger partial charge in [0.25, 0.3) is 10.0 Å². The number of anilines is 1. The molecule has 2 heterocycles. The van der Waals surface area contributed by atoms with E-state index in [-0.39, 0.29) is 15.6 Å². The lowest BCUT2D eigenvalue weighted by Gasteiger charge is -2.18. The zero-order valence-electron chi connectivity index (χ0n) is 11.7. The van der Waals surface area contributed by atoms with Crippen molar-refractivity contribution < 1.29 is 17.9 Å². The maximum absolute atomic E-state index is 12.7. The van der Waals surface area contributed by atoms with Crippen LogP contribution in [0.15, 0.2) is 34.7 Å². The van der Waals surface area contributed by atoms with Gasteiger partial charge in [-0.3, -0.25) is 4.31 Å². The van der Waals surface area contributed by atoms with Gasteiger partial charge in [0, 0.05) is 13.2 Å². The van der Waals surface area contributed by atoms with Gasteiger partial charge in [-0.1, -0.05) is 6.07 Å². The van der Waals surface area contributed by atoms with E-state index in [0.717, 1.165) is 15.6 Å². The summed E-state index contributed by atoms with van der Waals surface area (Å²) in [5.74, 6) is -0.389. The zero-order chi connectivity index (χ0) is 15.6. The van der Waals surface area contributed by atoms with Gasteiger partial charge in [0.2, 0.25) is 0 Å². The second-order valence-corrected chi connectivity index (χ2v) is 7.01. The molecule has 0 radical (unpaired) electrons. The molecule has 8 heteroatoms. The van der Waals surface area contributed by atoms with Crippen LogP contribution in [0, 0.1) is 6.92 Å². The van der Waals surface area contributed by atoms with Gasteiger partial charge in [0.1, 0.15) is 15.6 Å². The number of rotatable bonds is 4. The number of ether oxygens (including phenoxy) is 1. The first-order valence-electron chi connectivity index (χ1n) is 5.96. The molecular formula is C13H14N2O4S2. The summed E-state index contributed by atoms with van der Waals surface area (Å²) < 4.78 is 31.2. The maximum Gasteiger partial charge on any atom is 0.349 e. The number of hydrogen-bond acceptors (Lipinski definition) is 6. The van der Waals surface area contributed by atoms with Crippen LogP contribution >= 0.6 is 11.3 Å². The van der Waals surface area contributed by atoms with Crippen molar-refractivity contribution in [3.05, 3.63) is 40.2 Å². The summed E-state index contributed by atoms with van der Waals surface area (Å²) in [6, 6.07) is 4.97. The predicted molar refractivity (Wildman–Crippen MR) is 80.2 cm³/mol. The summed E-state index contributed by atoms with van der Waals surface area (Å²) in [6.45, 7) is 1.64. The van der Waals surface area contributed by atoms with Gasteiger partial charge in [0.15, 0.2) is 0 Å². The average Bonchev–Trinajstić information content (AvgIpc) is 2.89. The normalized spacial score (nSPS) is 11.2. The smallest absolute Gasteiger partial charge is 0.349 e. The highest BCUT2D eigenvalue weighted by atomic mass is 32.2. The van der Waals surface area contributed by atoms with Crippen LogP contribution in [0.5, 0.6) is 0 Å². The summed E-state index contributed by atoms with van der Waals surface area (Å²) in [5.41, 5.74) is 0.503. The Morgan fingerprint density at radius 1 is 1.38 bits per heavy atom. The van der Waals surface area contributed by atoms with Crippen LogP contribution in [0.25, 0.3) is 0 Å². The van der Waals surface area contributed by atoms with Crippen molar-refractivity contribution in [3.8, 4) is 0 Å². The first kappa shape index (κ1) is 15.5. The second-order valence-electron chi connectivity index (χ2n) is 4.23. The van der Waals surface area contributed by atoms with Crippen LogP contribution in [-0.4, -0.2) is 33.5 Å². The maximum atomic E-state index is 12.7. The number of pyridine rings is 1. The van der Waals surface area contributed by atoms with E-state index in [1.807, 2.05) is 0 Å². The van der Waals surface area contributed by atoms with Crippen molar-refractivity contribution in [2.24, 2.45) is 0 Å². The van der Waals surface area contributed by atoms with E-state index in [1.165, 1.54) is 20.4 Å². The molecule has 112 valence electrons. The number of hydrogen-bond donors (Lipinski definition) is 0. The van der Waals surface area contributed by atoms with E-state index in [4.69, 9.17) is 0 Å². The van der Waals surface area contributed by atoms with Crippen LogP contribution in [0.3, 0.4) is 0 Å². The minimum Gasteiger partial charge on any atom is -0.465 e. The molecule has 0 saturated carbocycles. The van der Waals surface area contributed by atoms with Crippen LogP contribution in [0.2, 0.25) is 0 Å². The first-order chi connectivity index (χ1) is 9.89. The number of carbonyl (C=O) groups is 1. The molecule has 0 aliphatic heterocycles. The fourth-order valence-corrected chi connectivity index (χ4v) is 4.59. The average molecular weight is 326 g/mol. The van der Waals surface area contributed by atoms with E-state index < -0.39 is 16.0 Å². The third kappa shape index (κ3) is 2.77. The Hall–Kier alpha value is -1.93. The summed E-state index contributed by atoms with van der Waals surface area (Å²) >= 11 is 1.05. The Morgan fingerprint density at radius 2 is 2.10 bits per heavy atom. The summed E-state index contributed by atoms with van der Waals surface area (Å²) in [6.07, 6.45) is 1.50. The van der Waals surface area contributed by atoms with Crippen molar-refractivity contribution in [2.45, 2.75) is 11.8 Å². The number of thiophene rings is 1. The minimum atomic E-state index is -3.88. The highest BCUT2D eigenvalue weighted by Gasteiger charge is 2.31. The first-order valence-corrected chi connectivity index (χ1v) is 8.28. The molecule has 0 atom stereocenters. The molecule has 0 N–H and O–H groups in total. The summed E-state index contributed by atoms with van der Waals surface area (Å²) in [5, 5.41) is 1.62. The molecule has 2 aromatic rings. The molecule has 0 amide bonds. The third-order valence-electron chi connectivity index (χ3n) is 2.88. The van der Waals surface area contributed by atoms with E-state index in [0.29, 0.717) is 5.56 Å². The lowest BCUT2D eigenvalue weighted by Crippen LogP contribution is -2.28. The molecule has 2 rings (SSSR count). The summed E-state index contributed by atoms with van der Waals surface area (Å²) in [7, 11) is -1.27. The van der Waals surface area contributed by atoms with E-state index in [2.05, 4.69) is 9.72 Å². The van der Waals surface area contributed by atoms with Gasteiger partial charge >= 0.3 is 5.97 Å². The number of carbonyl (C=O) groups excluding carboxylic acids is 1. The molecule has 2 aromatic heterocycles. The van der Waals surface area contributed by atoms with Gasteiger partial charge in [-0.05, 0) is 30.0 Å². The highest BCUT2D eigenvalue weighted by Crippen LogP contribution is 2.31. The standard InChI is InChI=1S/C13H14N2O4S2/c1-9-8-20-11(13(16)19-3)12(9)21(17,18)15(2)10-6-4-5-7-14-10/h4-8H,1-3H3. The van der Waals surface area contributed by atoms with Gasteiger partial charge < -0.3 is 4.74 Å². The summed E-state index contributed by atoms with van der Waals surface area (Å²) in [4.78, 5) is 15.8. The van der Waals surface area contributed by atoms with Gasteiger partial charge in [0.05, 0.1) is 7.11 Å². The number of sulfonamides is 1. The van der Waals surface area contributed by atoms with Gasteiger partial charge in [-0.15, -0.1) is 11.3 Å². The number of esters is 1. The molecular weight excluding hydrogens is 312 g/mol. The fourth-order valence-electron chi connectivity index (χ4n) is 1.79. The minimum absolute atomic E-state index is 0.0347. The Kier molecular flexibility index (Phi) is 4.29. The number of aryl methyl sites for hydroxylation is 1. The molecule has 0 bridgehead atoms. The number of aromatic nitrogens is 1. The highest BCUT2D eigenvalue weighted by molar-refractivity contribution is 7.93. The Morgan fingerprint density at radius 3 is 2.67 bits per heavy atom. The number of nitrogens with zero attached hydrogens (tertiary/aromatic N) is 2. The fraction of sp³-hybridized carbons (Fsp3) is 0.231. The van der Waals surface area contributed by atoms with Crippen LogP contribution in [0.4, 0.5) is 5.82 Å². The lowest BCUT2D eigenvalue weighted by atomic mass is 10.3. The van der Waals surface area contributed by atoms with Crippen molar-refractivity contribution in [3.63, 3.8) is 0 Å². The molecule has 0 aliphatic rings. The molecule has 6 nitrogen and oxygen atoms in total. The predicted octanol–water partition coefficient (Wildman–Crippen LogP) is 2.06. The Labute approximate surface area is 127 Å². The van der Waals surface area contributed by atoms with Crippen molar-refractivity contribution in [2.75, 3.05) is 18.5 Å². The Bertz CT molecular complexity index is 754. The molecule has 0 aromatic carbocycles. The van der Waals surface area contributed by atoms with Crippen molar-refractivity contribution in [1.82, 2.24) is 4.98 Å². The van der Waals surface area contributed by atoms with Crippen LogP contribution < -0.4 is 4.31 Å². The molecule has 0 saturated heterocycles. The molecule has 0 spiro atoms.